The summed E-state index contributed by atoms with van der Waals surface area (Å²) in [7, 11) is 0. The van der Waals surface area contributed by atoms with E-state index in [2.05, 4.69) is 47.0 Å². The summed E-state index contributed by atoms with van der Waals surface area (Å²) in [4.78, 5) is 11.5. The fourth-order valence-electron chi connectivity index (χ4n) is 2.25. The van der Waals surface area contributed by atoms with Crippen LogP contribution >= 0.6 is 11.8 Å². The SMILES string of the molecule is CCNc1cc(N2CC(C)C(C)C2)nc(SC)n1. The van der Waals surface area contributed by atoms with Gasteiger partial charge < -0.3 is 10.2 Å². The molecule has 0 bridgehead atoms. The molecule has 1 aromatic rings. The van der Waals surface area contributed by atoms with Crippen LogP contribution in [0.1, 0.15) is 20.8 Å². The summed E-state index contributed by atoms with van der Waals surface area (Å²) >= 11 is 1.59. The lowest BCUT2D eigenvalue weighted by Crippen LogP contribution is -2.21. The zero-order chi connectivity index (χ0) is 13.1. The molecule has 0 amide bonds. The highest BCUT2D eigenvalue weighted by molar-refractivity contribution is 7.98. The summed E-state index contributed by atoms with van der Waals surface area (Å²) in [6.07, 6.45) is 2.02. The summed E-state index contributed by atoms with van der Waals surface area (Å²) < 4.78 is 0. The van der Waals surface area contributed by atoms with Gasteiger partial charge >= 0.3 is 0 Å². The van der Waals surface area contributed by atoms with Gasteiger partial charge in [-0.05, 0) is 25.0 Å². The number of rotatable bonds is 4. The Morgan fingerprint density at radius 2 is 2.00 bits per heavy atom. The minimum Gasteiger partial charge on any atom is -0.370 e. The topological polar surface area (TPSA) is 41.0 Å². The van der Waals surface area contributed by atoms with Gasteiger partial charge in [-0.25, -0.2) is 9.97 Å². The lowest BCUT2D eigenvalue weighted by atomic mass is 10.0. The second-order valence-electron chi connectivity index (χ2n) is 4.99. The predicted octanol–water partition coefficient (Wildman–Crippen LogP) is 2.72. The Hall–Kier alpha value is -0.970. The molecule has 2 unspecified atom stereocenters. The number of aromatic nitrogens is 2. The number of hydrogen-bond donors (Lipinski definition) is 1. The van der Waals surface area contributed by atoms with Crippen molar-refractivity contribution in [3.63, 3.8) is 0 Å². The van der Waals surface area contributed by atoms with Gasteiger partial charge in [-0.1, -0.05) is 25.6 Å². The zero-order valence-electron chi connectivity index (χ0n) is 11.6. The van der Waals surface area contributed by atoms with E-state index in [0.717, 1.165) is 48.3 Å². The number of nitrogens with one attached hydrogen (secondary N) is 1. The third kappa shape index (κ3) is 2.88. The summed E-state index contributed by atoms with van der Waals surface area (Å²) in [5.41, 5.74) is 0. The molecule has 0 spiro atoms. The van der Waals surface area contributed by atoms with Crippen molar-refractivity contribution in [3.05, 3.63) is 6.07 Å². The van der Waals surface area contributed by atoms with Crippen molar-refractivity contribution in [2.75, 3.05) is 36.1 Å². The first-order valence-corrected chi connectivity index (χ1v) is 7.78. The van der Waals surface area contributed by atoms with Crippen LogP contribution < -0.4 is 10.2 Å². The molecule has 100 valence electrons. The van der Waals surface area contributed by atoms with Gasteiger partial charge in [-0.3, -0.25) is 0 Å². The average molecular weight is 266 g/mol. The van der Waals surface area contributed by atoms with Gasteiger partial charge in [0.15, 0.2) is 5.16 Å². The van der Waals surface area contributed by atoms with Crippen molar-refractivity contribution in [2.45, 2.75) is 25.9 Å². The van der Waals surface area contributed by atoms with Gasteiger partial charge in [-0.15, -0.1) is 0 Å². The summed E-state index contributed by atoms with van der Waals surface area (Å²) in [6.45, 7) is 9.78. The van der Waals surface area contributed by atoms with E-state index >= 15 is 0 Å². The van der Waals surface area contributed by atoms with Crippen LogP contribution in [0.25, 0.3) is 0 Å². The van der Waals surface area contributed by atoms with Crippen molar-refractivity contribution in [1.82, 2.24) is 9.97 Å². The van der Waals surface area contributed by atoms with Crippen LogP contribution in [0, 0.1) is 11.8 Å². The molecule has 0 saturated carbocycles. The van der Waals surface area contributed by atoms with Gasteiger partial charge in [0.1, 0.15) is 11.6 Å². The molecule has 5 heteroatoms. The Bertz CT molecular complexity index is 400. The summed E-state index contributed by atoms with van der Waals surface area (Å²) in [5.74, 6) is 3.46. The molecule has 0 radical (unpaired) electrons. The Balaban J connectivity index is 2.24. The van der Waals surface area contributed by atoms with Crippen molar-refractivity contribution < 1.29 is 0 Å². The van der Waals surface area contributed by atoms with Crippen LogP contribution in [0.15, 0.2) is 11.2 Å². The van der Waals surface area contributed by atoms with E-state index in [4.69, 9.17) is 0 Å². The fourth-order valence-corrected chi connectivity index (χ4v) is 2.63. The van der Waals surface area contributed by atoms with Crippen molar-refractivity contribution in [3.8, 4) is 0 Å². The van der Waals surface area contributed by atoms with Gasteiger partial charge in [0, 0.05) is 25.7 Å². The highest BCUT2D eigenvalue weighted by Crippen LogP contribution is 2.28. The third-order valence-corrected chi connectivity index (χ3v) is 4.09. The van der Waals surface area contributed by atoms with Crippen LogP contribution in [-0.2, 0) is 0 Å². The van der Waals surface area contributed by atoms with Crippen molar-refractivity contribution >= 4 is 23.4 Å². The molecule has 4 nitrogen and oxygen atoms in total. The first-order valence-electron chi connectivity index (χ1n) is 6.56. The highest BCUT2D eigenvalue weighted by atomic mass is 32.2. The Morgan fingerprint density at radius 3 is 2.56 bits per heavy atom. The second-order valence-corrected chi connectivity index (χ2v) is 5.76. The molecule has 2 rings (SSSR count). The minimum absolute atomic E-state index is 0.736. The molecule has 1 aliphatic heterocycles. The summed E-state index contributed by atoms with van der Waals surface area (Å²) in [6, 6.07) is 2.06. The van der Waals surface area contributed by atoms with Gasteiger partial charge in [0.05, 0.1) is 0 Å². The standard InChI is InChI=1S/C13H22N4S/c1-5-14-11-6-12(16-13(15-11)18-4)17-7-9(2)10(3)8-17/h6,9-10H,5,7-8H2,1-4H3,(H,14,15,16). The van der Waals surface area contributed by atoms with Crippen LogP contribution in [0.2, 0.25) is 0 Å². The molecule has 18 heavy (non-hydrogen) atoms. The first kappa shape index (κ1) is 13.5. The maximum Gasteiger partial charge on any atom is 0.191 e. The Labute approximate surface area is 114 Å². The van der Waals surface area contributed by atoms with E-state index in [1.54, 1.807) is 11.8 Å². The smallest absolute Gasteiger partial charge is 0.191 e. The molecular weight excluding hydrogens is 244 g/mol. The maximum atomic E-state index is 4.62. The van der Waals surface area contributed by atoms with Crippen LogP contribution in [0.4, 0.5) is 11.6 Å². The second kappa shape index (κ2) is 5.78. The normalized spacial score (nSPS) is 23.4. The van der Waals surface area contributed by atoms with Crippen LogP contribution in [-0.4, -0.2) is 35.9 Å². The van der Waals surface area contributed by atoms with E-state index in [9.17, 15) is 0 Å². The first-order chi connectivity index (χ1) is 8.63. The molecule has 1 aliphatic rings. The quantitative estimate of drug-likeness (QED) is 0.670. The van der Waals surface area contributed by atoms with Gasteiger partial charge in [0.2, 0.25) is 0 Å². The van der Waals surface area contributed by atoms with E-state index in [0.29, 0.717) is 0 Å². The predicted molar refractivity (Wildman–Crippen MR) is 78.5 cm³/mol. The van der Waals surface area contributed by atoms with E-state index in [-0.39, 0.29) is 0 Å². The number of anilines is 2. The van der Waals surface area contributed by atoms with Crippen LogP contribution in [0.5, 0.6) is 0 Å². The molecule has 1 N–H and O–H groups in total. The molecule has 0 aromatic carbocycles. The number of hydrogen-bond acceptors (Lipinski definition) is 5. The lowest BCUT2D eigenvalue weighted by molar-refractivity contribution is 0.494. The molecular formula is C13H22N4S. The van der Waals surface area contributed by atoms with Crippen molar-refractivity contribution in [1.29, 1.82) is 0 Å². The maximum absolute atomic E-state index is 4.62. The third-order valence-electron chi connectivity index (χ3n) is 3.54. The van der Waals surface area contributed by atoms with Gasteiger partial charge in [0.25, 0.3) is 0 Å². The lowest BCUT2D eigenvalue weighted by Gasteiger charge is -2.18. The van der Waals surface area contributed by atoms with Crippen LogP contribution in [0.3, 0.4) is 0 Å². The molecule has 1 aromatic heterocycles. The summed E-state index contributed by atoms with van der Waals surface area (Å²) in [5, 5.41) is 4.12. The average Bonchev–Trinajstić information content (AvgIpc) is 2.70. The number of thioether (sulfide) groups is 1. The van der Waals surface area contributed by atoms with E-state index < -0.39 is 0 Å². The molecule has 2 heterocycles. The largest absolute Gasteiger partial charge is 0.370 e. The van der Waals surface area contributed by atoms with E-state index in [1.165, 1.54) is 0 Å². The monoisotopic (exact) mass is 266 g/mol. The van der Waals surface area contributed by atoms with E-state index in [1.807, 2.05) is 6.26 Å². The fraction of sp³-hybridized carbons (Fsp3) is 0.692. The number of nitrogens with zero attached hydrogens (tertiary/aromatic N) is 3. The Kier molecular flexibility index (Phi) is 4.32. The highest BCUT2D eigenvalue weighted by Gasteiger charge is 2.27. The Morgan fingerprint density at radius 1 is 1.33 bits per heavy atom. The molecule has 2 atom stereocenters. The molecule has 0 aliphatic carbocycles. The molecule has 1 fully saturated rings. The zero-order valence-corrected chi connectivity index (χ0v) is 12.4. The van der Waals surface area contributed by atoms with Crippen molar-refractivity contribution in [2.24, 2.45) is 11.8 Å². The minimum atomic E-state index is 0.736. The molecule has 1 saturated heterocycles. The van der Waals surface area contributed by atoms with Gasteiger partial charge in [-0.2, -0.15) is 0 Å².